The predicted octanol–water partition coefficient (Wildman–Crippen LogP) is 0.659. The fourth-order valence-electron chi connectivity index (χ4n) is 3.52. The quantitative estimate of drug-likeness (QED) is 0.317. The van der Waals surface area contributed by atoms with Crippen LogP contribution in [-0.2, 0) is 0 Å². The summed E-state index contributed by atoms with van der Waals surface area (Å²) in [6.07, 6.45) is 4.16. The van der Waals surface area contributed by atoms with Crippen molar-refractivity contribution in [1.82, 2.24) is 29.9 Å². The maximum absolute atomic E-state index is 11.5. The van der Waals surface area contributed by atoms with Crippen molar-refractivity contribution < 1.29 is 5.11 Å². The maximum Gasteiger partial charge on any atom is 0.326 e. The number of halogens is 1. The molecule has 158 valence electrons. The lowest BCUT2D eigenvalue weighted by molar-refractivity contribution is 0.454. The van der Waals surface area contributed by atoms with Gasteiger partial charge in [0, 0.05) is 28.5 Å². The monoisotopic (exact) mass is 438 g/mol. The molecule has 0 spiro atoms. The number of aromatic hydroxyl groups is 1. The summed E-state index contributed by atoms with van der Waals surface area (Å²) in [4.78, 5) is 25.8. The Labute approximate surface area is 180 Å². The number of nitrogens with one attached hydrogen (secondary N) is 4. The zero-order valence-electron chi connectivity index (χ0n) is 16.3. The number of nitrogens with zero attached hydrogens (tertiary/aromatic N) is 4. The van der Waals surface area contributed by atoms with Crippen molar-refractivity contribution >= 4 is 34.8 Å². The molecule has 10 nitrogen and oxygen atoms in total. The molecule has 0 aliphatic carbocycles. The summed E-state index contributed by atoms with van der Waals surface area (Å²) in [5.41, 5.74) is 1.71. The van der Waals surface area contributed by atoms with E-state index in [9.17, 15) is 9.90 Å². The van der Waals surface area contributed by atoms with Gasteiger partial charge in [0.2, 0.25) is 5.88 Å². The molecule has 1 aliphatic heterocycles. The molecule has 1 aromatic carbocycles. The van der Waals surface area contributed by atoms with Crippen LogP contribution in [0.2, 0.25) is 5.02 Å². The van der Waals surface area contributed by atoms with Gasteiger partial charge in [0.05, 0.1) is 12.2 Å². The van der Waals surface area contributed by atoms with Crippen molar-refractivity contribution in [3.8, 4) is 5.88 Å². The average Bonchev–Trinajstić information content (AvgIpc) is 3.44. The Morgan fingerprint density at radius 2 is 2.23 bits per heavy atom. The smallest absolute Gasteiger partial charge is 0.326 e. The fraction of sp³-hybridized carbons (Fsp3) is 0.200. The molecule has 0 saturated carbocycles. The van der Waals surface area contributed by atoms with E-state index in [1.807, 2.05) is 18.2 Å². The van der Waals surface area contributed by atoms with E-state index in [0.29, 0.717) is 27.2 Å². The molecule has 5 rings (SSSR count). The minimum Gasteiger partial charge on any atom is -0.493 e. The van der Waals surface area contributed by atoms with Crippen LogP contribution in [0.1, 0.15) is 12.1 Å². The number of fused-ring (bicyclic) bond motifs is 1. The lowest BCUT2D eigenvalue weighted by Gasteiger charge is -2.08. The Balaban J connectivity index is 1.68. The number of aromatic nitrogens is 5. The van der Waals surface area contributed by atoms with Crippen molar-refractivity contribution in [2.24, 2.45) is 4.99 Å². The van der Waals surface area contributed by atoms with Crippen LogP contribution in [0.15, 0.2) is 46.3 Å². The normalized spacial score (nSPS) is 17.6. The van der Waals surface area contributed by atoms with E-state index < -0.39 is 5.69 Å². The molecular weight excluding hydrogens is 420 g/mol. The summed E-state index contributed by atoms with van der Waals surface area (Å²) in [5, 5.41) is 22.1. The number of benzene rings is 1. The first kappa shape index (κ1) is 19.3. The standard InChI is InChI=1S/C20H19ClN8O2/c21-12-2-1-3-13(7-12)24-16-8-17(25-14-4-5-22-10-14)29-18(27-16)11(9-23-29)6-15-19(30)28-20(31)26-15/h1-3,6-9,14,22,24,30H,4-5,10H2,(H2,26,28,31)/b11-6-,25-17?. The van der Waals surface area contributed by atoms with Gasteiger partial charge in [-0.25, -0.2) is 9.78 Å². The third kappa shape index (κ3) is 4.03. The highest BCUT2D eigenvalue weighted by Gasteiger charge is 2.14. The summed E-state index contributed by atoms with van der Waals surface area (Å²) in [6, 6.07) is 9.32. The highest BCUT2D eigenvalue weighted by Crippen LogP contribution is 2.18. The van der Waals surface area contributed by atoms with Crippen LogP contribution in [0.5, 0.6) is 5.88 Å². The summed E-state index contributed by atoms with van der Waals surface area (Å²) >= 11 is 6.11. The molecule has 4 heterocycles. The highest BCUT2D eigenvalue weighted by molar-refractivity contribution is 6.30. The second-order valence-corrected chi connectivity index (χ2v) is 7.67. The number of imidazole rings is 1. The third-order valence-electron chi connectivity index (χ3n) is 4.96. The SMILES string of the molecule is O=c1[nH]c(O)c(/C=c2/cnn3c(=NC4CCNC4)cc(Nc4cccc(Cl)c4)nc23)[nH]1. The fourth-order valence-corrected chi connectivity index (χ4v) is 3.71. The average molecular weight is 439 g/mol. The molecule has 4 aromatic rings. The van der Waals surface area contributed by atoms with E-state index in [4.69, 9.17) is 16.6 Å². The van der Waals surface area contributed by atoms with Gasteiger partial charge in [-0.15, -0.1) is 0 Å². The number of aromatic amines is 2. The van der Waals surface area contributed by atoms with Crippen molar-refractivity contribution in [2.75, 3.05) is 18.4 Å². The second-order valence-electron chi connectivity index (χ2n) is 7.23. The van der Waals surface area contributed by atoms with Crippen LogP contribution in [0.4, 0.5) is 11.5 Å². The minimum atomic E-state index is -0.499. The Hall–Kier alpha value is -3.63. The Bertz CT molecular complexity index is 1430. The zero-order chi connectivity index (χ0) is 21.4. The predicted molar refractivity (Wildman–Crippen MR) is 116 cm³/mol. The molecule has 0 radical (unpaired) electrons. The molecule has 11 heteroatoms. The second kappa shape index (κ2) is 7.89. The van der Waals surface area contributed by atoms with Crippen LogP contribution in [0.3, 0.4) is 0 Å². The molecule has 1 saturated heterocycles. The van der Waals surface area contributed by atoms with Gasteiger partial charge in [0.15, 0.2) is 11.1 Å². The van der Waals surface area contributed by atoms with Crippen LogP contribution < -0.4 is 27.0 Å². The van der Waals surface area contributed by atoms with Crippen LogP contribution in [0.25, 0.3) is 11.7 Å². The van der Waals surface area contributed by atoms with Crippen molar-refractivity contribution in [1.29, 1.82) is 0 Å². The van der Waals surface area contributed by atoms with Crippen molar-refractivity contribution in [3.63, 3.8) is 0 Å². The molecule has 0 amide bonds. The third-order valence-corrected chi connectivity index (χ3v) is 5.20. The van der Waals surface area contributed by atoms with Gasteiger partial charge in [0.25, 0.3) is 0 Å². The maximum atomic E-state index is 11.5. The van der Waals surface area contributed by atoms with Gasteiger partial charge >= 0.3 is 5.69 Å². The number of hydrogen-bond acceptors (Lipinski definition) is 7. The van der Waals surface area contributed by atoms with Gasteiger partial charge < -0.3 is 20.7 Å². The Morgan fingerprint density at radius 1 is 1.32 bits per heavy atom. The first-order valence-corrected chi connectivity index (χ1v) is 10.1. The zero-order valence-corrected chi connectivity index (χ0v) is 17.0. The van der Waals surface area contributed by atoms with Crippen molar-refractivity contribution in [2.45, 2.75) is 12.5 Å². The van der Waals surface area contributed by atoms with Gasteiger partial charge in [-0.2, -0.15) is 9.61 Å². The topological polar surface area (TPSA) is 135 Å². The molecule has 1 atom stereocenters. The van der Waals surface area contributed by atoms with E-state index in [-0.39, 0.29) is 17.6 Å². The molecule has 31 heavy (non-hydrogen) atoms. The van der Waals surface area contributed by atoms with Crippen molar-refractivity contribution in [3.05, 3.63) is 68.4 Å². The summed E-state index contributed by atoms with van der Waals surface area (Å²) in [7, 11) is 0. The molecular formula is C20H19ClN8O2. The summed E-state index contributed by atoms with van der Waals surface area (Å²) in [6.45, 7) is 1.73. The van der Waals surface area contributed by atoms with E-state index in [2.05, 4.69) is 30.7 Å². The van der Waals surface area contributed by atoms with Gasteiger partial charge in [-0.1, -0.05) is 17.7 Å². The summed E-state index contributed by atoms with van der Waals surface area (Å²) in [5.74, 6) is 0.320. The van der Waals surface area contributed by atoms with E-state index in [1.165, 1.54) is 0 Å². The molecule has 0 bridgehead atoms. The van der Waals surface area contributed by atoms with Gasteiger partial charge in [-0.3, -0.25) is 9.98 Å². The number of rotatable bonds is 4. The molecule has 1 unspecified atom stereocenters. The first-order chi connectivity index (χ1) is 15.0. The molecule has 1 fully saturated rings. The molecule has 3 aromatic heterocycles. The van der Waals surface area contributed by atoms with Gasteiger partial charge in [0.1, 0.15) is 11.5 Å². The van der Waals surface area contributed by atoms with E-state index in [0.717, 1.165) is 25.2 Å². The van der Waals surface area contributed by atoms with Crippen LogP contribution >= 0.6 is 11.6 Å². The van der Waals surface area contributed by atoms with Crippen LogP contribution in [0, 0.1) is 0 Å². The van der Waals surface area contributed by atoms with Crippen LogP contribution in [-0.4, -0.2) is 48.8 Å². The molecule has 1 aliphatic rings. The van der Waals surface area contributed by atoms with E-state index >= 15 is 0 Å². The Morgan fingerprint density at radius 3 is 2.97 bits per heavy atom. The largest absolute Gasteiger partial charge is 0.493 e. The van der Waals surface area contributed by atoms with Gasteiger partial charge in [-0.05, 0) is 37.2 Å². The summed E-state index contributed by atoms with van der Waals surface area (Å²) < 4.78 is 1.65. The lowest BCUT2D eigenvalue weighted by atomic mass is 10.3. The highest BCUT2D eigenvalue weighted by atomic mass is 35.5. The first-order valence-electron chi connectivity index (χ1n) is 9.74. The number of anilines is 2. The number of H-pyrrole nitrogens is 2. The minimum absolute atomic E-state index is 0.145. The lowest BCUT2D eigenvalue weighted by Crippen LogP contribution is -2.23. The molecule has 5 N–H and O–H groups in total. The number of hydrogen-bond donors (Lipinski definition) is 5. The van der Waals surface area contributed by atoms with E-state index in [1.54, 1.807) is 28.9 Å². The Kier molecular flexibility index (Phi) is 4.92.